The van der Waals surface area contributed by atoms with E-state index in [-0.39, 0.29) is 6.04 Å². The third-order valence-corrected chi connectivity index (χ3v) is 5.07. The molecule has 4 heteroatoms. The predicted octanol–water partition coefficient (Wildman–Crippen LogP) is 6.10. The van der Waals surface area contributed by atoms with Crippen LogP contribution in [0.2, 0.25) is 5.02 Å². The lowest BCUT2D eigenvalue weighted by Crippen LogP contribution is -2.13. The molecule has 0 aliphatic carbocycles. The van der Waals surface area contributed by atoms with Crippen LogP contribution in [0.4, 0.5) is 5.82 Å². The van der Waals surface area contributed by atoms with E-state index in [0.29, 0.717) is 5.02 Å². The molecule has 0 saturated carbocycles. The number of hydrogen-bond acceptors (Lipinski definition) is 3. The average Bonchev–Trinajstić information content (AvgIpc) is 2.68. The van der Waals surface area contributed by atoms with Crippen LogP contribution < -0.4 is 5.32 Å². The van der Waals surface area contributed by atoms with Crippen LogP contribution in [0.15, 0.2) is 73.1 Å². The number of anilines is 1. The molecule has 1 atom stereocenters. The molecule has 27 heavy (non-hydrogen) atoms. The summed E-state index contributed by atoms with van der Waals surface area (Å²) < 4.78 is 0. The van der Waals surface area contributed by atoms with Gasteiger partial charge in [0.05, 0.1) is 16.6 Å². The molecule has 1 N–H and O–H groups in total. The van der Waals surface area contributed by atoms with Crippen LogP contribution in [0, 0.1) is 13.8 Å². The zero-order valence-electron chi connectivity index (χ0n) is 15.3. The lowest BCUT2D eigenvalue weighted by Gasteiger charge is -2.21. The van der Waals surface area contributed by atoms with Crippen LogP contribution in [0.3, 0.4) is 0 Å². The third kappa shape index (κ3) is 3.79. The molecule has 0 spiro atoms. The van der Waals surface area contributed by atoms with E-state index >= 15 is 0 Å². The zero-order chi connectivity index (χ0) is 18.8. The highest BCUT2D eigenvalue weighted by atomic mass is 35.5. The molecule has 0 amide bonds. The highest BCUT2D eigenvalue weighted by Gasteiger charge is 2.16. The van der Waals surface area contributed by atoms with Gasteiger partial charge in [-0.25, -0.2) is 4.98 Å². The molecule has 134 valence electrons. The van der Waals surface area contributed by atoms with Gasteiger partial charge in [0.1, 0.15) is 5.82 Å². The molecular formula is C23H20ClN3. The normalized spacial score (nSPS) is 12.1. The summed E-state index contributed by atoms with van der Waals surface area (Å²) in [4.78, 5) is 8.96. The Morgan fingerprint density at radius 1 is 0.889 bits per heavy atom. The van der Waals surface area contributed by atoms with Gasteiger partial charge in [0.25, 0.3) is 0 Å². The van der Waals surface area contributed by atoms with Gasteiger partial charge in [0.15, 0.2) is 0 Å². The molecule has 0 saturated heterocycles. The van der Waals surface area contributed by atoms with Crippen LogP contribution in [-0.2, 0) is 0 Å². The topological polar surface area (TPSA) is 37.8 Å². The van der Waals surface area contributed by atoms with E-state index in [1.54, 1.807) is 6.20 Å². The standard InChI is InChI=1S/C23H20ClN3/c1-15-5-3-6-18(11-15)23(27-22-12-16(2)20(24)14-26-22)19-9-8-17-7-4-10-25-21(17)13-19/h3-14,23H,1-2H3,(H,26,27). The third-order valence-electron chi connectivity index (χ3n) is 4.68. The molecule has 0 bridgehead atoms. The van der Waals surface area contributed by atoms with E-state index in [2.05, 4.69) is 70.7 Å². The fourth-order valence-corrected chi connectivity index (χ4v) is 3.34. The summed E-state index contributed by atoms with van der Waals surface area (Å²) in [5.41, 5.74) is 5.52. The van der Waals surface area contributed by atoms with Crippen molar-refractivity contribution in [2.24, 2.45) is 0 Å². The Morgan fingerprint density at radius 3 is 2.56 bits per heavy atom. The van der Waals surface area contributed by atoms with Crippen molar-refractivity contribution < 1.29 is 0 Å². The number of aryl methyl sites for hydroxylation is 2. The molecular weight excluding hydrogens is 354 g/mol. The molecule has 4 aromatic rings. The number of hydrogen-bond donors (Lipinski definition) is 1. The van der Waals surface area contributed by atoms with Crippen molar-refractivity contribution in [3.05, 3.63) is 100 Å². The first-order valence-corrected chi connectivity index (χ1v) is 9.28. The van der Waals surface area contributed by atoms with E-state index < -0.39 is 0 Å². The van der Waals surface area contributed by atoms with E-state index in [1.807, 2.05) is 25.3 Å². The number of pyridine rings is 2. The van der Waals surface area contributed by atoms with Crippen molar-refractivity contribution >= 4 is 28.3 Å². The smallest absolute Gasteiger partial charge is 0.127 e. The number of rotatable bonds is 4. The monoisotopic (exact) mass is 373 g/mol. The van der Waals surface area contributed by atoms with Gasteiger partial charge in [-0.3, -0.25) is 4.98 Å². The van der Waals surface area contributed by atoms with Gasteiger partial charge < -0.3 is 5.32 Å². The second-order valence-corrected chi connectivity index (χ2v) is 7.17. The fourth-order valence-electron chi connectivity index (χ4n) is 3.24. The minimum atomic E-state index is -0.0376. The summed E-state index contributed by atoms with van der Waals surface area (Å²) in [5, 5.41) is 5.37. The van der Waals surface area contributed by atoms with Crippen LogP contribution in [0.5, 0.6) is 0 Å². The Morgan fingerprint density at radius 2 is 1.74 bits per heavy atom. The van der Waals surface area contributed by atoms with Crippen molar-refractivity contribution in [1.29, 1.82) is 0 Å². The number of nitrogens with zero attached hydrogens (tertiary/aromatic N) is 2. The largest absolute Gasteiger partial charge is 0.359 e. The SMILES string of the molecule is Cc1cccc(C(Nc2cc(C)c(Cl)cn2)c2ccc3cccnc3c2)c1. The maximum absolute atomic E-state index is 6.14. The first-order chi connectivity index (χ1) is 13.1. The zero-order valence-corrected chi connectivity index (χ0v) is 16.0. The van der Waals surface area contributed by atoms with Crippen LogP contribution in [0.1, 0.15) is 28.3 Å². The molecule has 0 aliphatic heterocycles. The van der Waals surface area contributed by atoms with Gasteiger partial charge in [-0.05, 0) is 48.7 Å². The van der Waals surface area contributed by atoms with Crippen molar-refractivity contribution in [3.8, 4) is 0 Å². The number of aromatic nitrogens is 2. The van der Waals surface area contributed by atoms with E-state index in [1.165, 1.54) is 11.1 Å². The number of benzene rings is 2. The van der Waals surface area contributed by atoms with Gasteiger partial charge in [-0.15, -0.1) is 0 Å². The van der Waals surface area contributed by atoms with Gasteiger partial charge in [0, 0.05) is 17.8 Å². The van der Waals surface area contributed by atoms with Gasteiger partial charge in [-0.2, -0.15) is 0 Å². The Bertz CT molecular complexity index is 1110. The minimum absolute atomic E-state index is 0.0376. The summed E-state index contributed by atoms with van der Waals surface area (Å²) in [6, 6.07) is 20.9. The molecule has 0 aliphatic rings. The summed E-state index contributed by atoms with van der Waals surface area (Å²) in [6.07, 6.45) is 3.51. The Balaban J connectivity index is 1.80. The van der Waals surface area contributed by atoms with Gasteiger partial charge in [0.2, 0.25) is 0 Å². The summed E-state index contributed by atoms with van der Waals surface area (Å²) in [7, 11) is 0. The highest BCUT2D eigenvalue weighted by molar-refractivity contribution is 6.31. The Hall–Kier alpha value is -2.91. The molecule has 3 nitrogen and oxygen atoms in total. The van der Waals surface area contributed by atoms with Gasteiger partial charge >= 0.3 is 0 Å². The average molecular weight is 374 g/mol. The molecule has 0 radical (unpaired) electrons. The molecule has 4 rings (SSSR count). The molecule has 2 heterocycles. The Labute approximate surface area is 164 Å². The van der Waals surface area contributed by atoms with Crippen molar-refractivity contribution in [1.82, 2.24) is 9.97 Å². The van der Waals surface area contributed by atoms with E-state index in [9.17, 15) is 0 Å². The van der Waals surface area contributed by atoms with E-state index in [4.69, 9.17) is 11.6 Å². The second-order valence-electron chi connectivity index (χ2n) is 6.77. The number of halogens is 1. The summed E-state index contributed by atoms with van der Waals surface area (Å²) >= 11 is 6.14. The predicted molar refractivity (Wildman–Crippen MR) is 112 cm³/mol. The maximum Gasteiger partial charge on any atom is 0.127 e. The maximum atomic E-state index is 6.14. The van der Waals surface area contributed by atoms with Crippen molar-refractivity contribution in [2.45, 2.75) is 19.9 Å². The molecule has 2 aromatic heterocycles. The number of fused-ring (bicyclic) bond motifs is 1. The van der Waals surface area contributed by atoms with Crippen molar-refractivity contribution in [3.63, 3.8) is 0 Å². The van der Waals surface area contributed by atoms with Crippen LogP contribution in [0.25, 0.3) is 10.9 Å². The van der Waals surface area contributed by atoms with Gasteiger partial charge in [-0.1, -0.05) is 59.6 Å². The minimum Gasteiger partial charge on any atom is -0.359 e. The van der Waals surface area contributed by atoms with Crippen molar-refractivity contribution in [2.75, 3.05) is 5.32 Å². The second kappa shape index (κ2) is 7.37. The first kappa shape index (κ1) is 17.5. The lowest BCUT2D eigenvalue weighted by molar-refractivity contribution is 0.925. The first-order valence-electron chi connectivity index (χ1n) is 8.90. The van der Waals surface area contributed by atoms with Crippen LogP contribution in [-0.4, -0.2) is 9.97 Å². The van der Waals surface area contributed by atoms with E-state index in [0.717, 1.165) is 27.8 Å². The summed E-state index contributed by atoms with van der Waals surface area (Å²) in [6.45, 7) is 4.09. The molecule has 0 fully saturated rings. The fraction of sp³-hybridized carbons (Fsp3) is 0.130. The number of nitrogens with one attached hydrogen (secondary N) is 1. The Kier molecular flexibility index (Phi) is 4.78. The molecule has 2 aromatic carbocycles. The molecule has 1 unspecified atom stereocenters. The lowest BCUT2D eigenvalue weighted by atomic mass is 9.96. The highest BCUT2D eigenvalue weighted by Crippen LogP contribution is 2.29. The summed E-state index contributed by atoms with van der Waals surface area (Å²) in [5.74, 6) is 0.796. The van der Waals surface area contributed by atoms with Crippen LogP contribution >= 0.6 is 11.6 Å². The quantitative estimate of drug-likeness (QED) is 0.469.